The van der Waals surface area contributed by atoms with Crippen molar-refractivity contribution in [1.29, 1.82) is 0 Å². The van der Waals surface area contributed by atoms with E-state index in [1.165, 1.54) is 0 Å². The first-order valence-corrected chi connectivity index (χ1v) is 17.7. The number of carbonyl (C=O) groups is 4. The van der Waals surface area contributed by atoms with Crippen molar-refractivity contribution in [2.45, 2.75) is 121 Å². The van der Waals surface area contributed by atoms with Crippen molar-refractivity contribution in [2.75, 3.05) is 6.54 Å². The van der Waals surface area contributed by atoms with E-state index in [1.807, 2.05) is 79.4 Å². The van der Waals surface area contributed by atoms with Crippen LogP contribution >= 0.6 is 0 Å². The summed E-state index contributed by atoms with van der Waals surface area (Å²) in [5.74, 6) is -1.70. The van der Waals surface area contributed by atoms with Crippen LogP contribution in [0.5, 0.6) is 0 Å². The van der Waals surface area contributed by atoms with Crippen LogP contribution in [0.1, 0.15) is 82.8 Å². The molecule has 10 nitrogen and oxygen atoms in total. The molecule has 3 amide bonds. The highest BCUT2D eigenvalue weighted by Gasteiger charge is 2.45. The number of carbonyl (C=O) groups excluding carboxylic acids is 4. The normalized spacial score (nSPS) is 21.3. The molecule has 0 aliphatic carbocycles. The Morgan fingerprint density at radius 2 is 1.40 bits per heavy atom. The molecule has 7 N–H and O–H groups in total. The Labute approximate surface area is 285 Å². The summed E-state index contributed by atoms with van der Waals surface area (Å²) in [6.45, 7) is 4.48. The topological polar surface area (TPSA) is 168 Å². The van der Waals surface area contributed by atoms with E-state index in [4.69, 9.17) is 11.5 Å². The molecule has 4 rings (SSSR count). The number of unbranched alkanes of at least 4 members (excludes halogenated alkanes) is 1. The largest absolute Gasteiger partial charge is 0.393 e. The Morgan fingerprint density at radius 3 is 1.96 bits per heavy atom. The summed E-state index contributed by atoms with van der Waals surface area (Å²) in [5.41, 5.74) is 13.8. The number of hydrogen-bond acceptors (Lipinski definition) is 7. The third-order valence-electron chi connectivity index (χ3n) is 9.72. The Kier molecular flexibility index (Phi) is 14.1. The number of ketones is 1. The maximum atomic E-state index is 14.0. The van der Waals surface area contributed by atoms with Crippen molar-refractivity contribution in [2.24, 2.45) is 23.3 Å². The van der Waals surface area contributed by atoms with Crippen LogP contribution in [0.4, 0.5) is 0 Å². The predicted octanol–water partition coefficient (Wildman–Crippen LogP) is 3.03. The van der Waals surface area contributed by atoms with Gasteiger partial charge in [0.15, 0.2) is 5.78 Å². The molecule has 2 fully saturated rings. The number of amides is 3. The number of hydrogen-bond donors (Lipinski definition) is 5. The summed E-state index contributed by atoms with van der Waals surface area (Å²) in [7, 11) is 0. The molecule has 48 heavy (non-hydrogen) atoms. The fourth-order valence-corrected chi connectivity index (χ4v) is 7.30. The van der Waals surface area contributed by atoms with Gasteiger partial charge in [0.2, 0.25) is 17.7 Å². The van der Waals surface area contributed by atoms with Gasteiger partial charge in [0.1, 0.15) is 6.04 Å². The third-order valence-corrected chi connectivity index (χ3v) is 9.72. The number of nitrogens with two attached hydrogens (primary N) is 2. The summed E-state index contributed by atoms with van der Waals surface area (Å²) >= 11 is 0. The highest BCUT2D eigenvalue weighted by Crippen LogP contribution is 2.36. The molecule has 0 saturated carbocycles. The van der Waals surface area contributed by atoms with Crippen molar-refractivity contribution in [1.82, 2.24) is 15.5 Å². The Balaban J connectivity index is 1.49. The van der Waals surface area contributed by atoms with E-state index < -0.39 is 36.1 Å². The Hall–Kier alpha value is -3.60. The molecule has 0 spiro atoms. The maximum absolute atomic E-state index is 14.0. The lowest BCUT2D eigenvalue weighted by Crippen LogP contribution is -2.56. The second-order valence-electron chi connectivity index (χ2n) is 14.1. The van der Waals surface area contributed by atoms with Gasteiger partial charge < -0.3 is 32.1 Å². The highest BCUT2D eigenvalue weighted by molar-refractivity contribution is 5.95. The molecule has 0 radical (unpaired) electrons. The lowest BCUT2D eigenvalue weighted by atomic mass is 9.88. The van der Waals surface area contributed by atoms with Crippen LogP contribution in [0.15, 0.2) is 60.7 Å². The van der Waals surface area contributed by atoms with Crippen LogP contribution < -0.4 is 22.1 Å². The van der Waals surface area contributed by atoms with Crippen molar-refractivity contribution in [3.8, 4) is 0 Å². The quantitative estimate of drug-likeness (QED) is 0.153. The Morgan fingerprint density at radius 1 is 0.833 bits per heavy atom. The summed E-state index contributed by atoms with van der Waals surface area (Å²) in [6, 6.07) is 16.4. The van der Waals surface area contributed by atoms with Crippen LogP contribution in [-0.2, 0) is 32.0 Å². The number of rotatable bonds is 18. The molecule has 2 heterocycles. The lowest BCUT2D eigenvalue weighted by molar-refractivity contribution is -0.143. The van der Waals surface area contributed by atoms with Crippen LogP contribution in [0.2, 0.25) is 0 Å². The molecule has 0 aromatic heterocycles. The fraction of sp³-hybridized carbons (Fsp3) is 0.579. The number of piperidine rings is 1. The minimum absolute atomic E-state index is 0.0242. The zero-order chi connectivity index (χ0) is 34.6. The number of nitrogens with one attached hydrogen (secondary N) is 2. The van der Waals surface area contributed by atoms with Gasteiger partial charge in [-0.05, 0) is 87.8 Å². The molecule has 2 aromatic carbocycles. The molecule has 2 aliphatic rings. The van der Waals surface area contributed by atoms with Crippen molar-refractivity contribution < 1.29 is 24.3 Å². The van der Waals surface area contributed by atoms with E-state index in [0.29, 0.717) is 45.1 Å². The SMILES string of the molecule is CC(C)CC(CC(=O)C(Cc1ccccc1)NC(=O)C(N)Cc1ccccc1)C(=O)NC(CCCCN)C(=O)N1C2CCC1CC(O)C2. The zero-order valence-corrected chi connectivity index (χ0v) is 28.6. The predicted molar refractivity (Wildman–Crippen MR) is 186 cm³/mol. The van der Waals surface area contributed by atoms with Gasteiger partial charge in [-0.1, -0.05) is 74.5 Å². The van der Waals surface area contributed by atoms with Crippen molar-refractivity contribution in [3.63, 3.8) is 0 Å². The number of benzene rings is 2. The van der Waals surface area contributed by atoms with E-state index in [0.717, 1.165) is 30.4 Å². The fourth-order valence-electron chi connectivity index (χ4n) is 7.30. The minimum Gasteiger partial charge on any atom is -0.393 e. The van der Waals surface area contributed by atoms with E-state index in [2.05, 4.69) is 10.6 Å². The molecule has 6 unspecified atom stereocenters. The number of fused-ring (bicyclic) bond motifs is 2. The highest BCUT2D eigenvalue weighted by atomic mass is 16.3. The minimum atomic E-state index is -0.874. The van der Waals surface area contributed by atoms with Crippen LogP contribution in [0, 0.1) is 11.8 Å². The van der Waals surface area contributed by atoms with E-state index >= 15 is 0 Å². The molecule has 6 atom stereocenters. The van der Waals surface area contributed by atoms with E-state index in [1.54, 1.807) is 0 Å². The van der Waals surface area contributed by atoms with Crippen molar-refractivity contribution in [3.05, 3.63) is 71.8 Å². The van der Waals surface area contributed by atoms with Gasteiger partial charge in [-0.15, -0.1) is 0 Å². The molecule has 2 bridgehead atoms. The van der Waals surface area contributed by atoms with E-state index in [-0.39, 0.29) is 48.4 Å². The molecular formula is C38H55N5O5. The maximum Gasteiger partial charge on any atom is 0.245 e. The van der Waals surface area contributed by atoms with Crippen LogP contribution in [-0.4, -0.2) is 76.4 Å². The molecule has 2 aliphatic heterocycles. The van der Waals surface area contributed by atoms with Gasteiger partial charge in [-0.2, -0.15) is 0 Å². The zero-order valence-electron chi connectivity index (χ0n) is 28.6. The van der Waals surface area contributed by atoms with Gasteiger partial charge >= 0.3 is 0 Å². The van der Waals surface area contributed by atoms with Gasteiger partial charge in [-0.25, -0.2) is 0 Å². The standard InChI is InChI=1S/C38H55N5O5/c1-25(2)19-28(36(46)41-33(15-9-10-18-39)38(48)43-29-16-17-30(43)24-31(44)23-29)22-35(45)34(21-27-13-7-4-8-14-27)42-37(47)32(40)20-26-11-5-3-6-12-26/h3-8,11-14,25,28-34,44H,9-10,15-24,39-40H2,1-2H3,(H,41,46)(H,42,47). The average molecular weight is 662 g/mol. The monoisotopic (exact) mass is 661 g/mol. The number of nitrogens with zero attached hydrogens (tertiary/aromatic N) is 1. The van der Waals surface area contributed by atoms with Crippen molar-refractivity contribution >= 4 is 23.5 Å². The van der Waals surface area contributed by atoms with Crippen LogP contribution in [0.3, 0.4) is 0 Å². The first-order valence-electron chi connectivity index (χ1n) is 17.7. The molecule has 10 heteroatoms. The first kappa shape index (κ1) is 37.2. The summed E-state index contributed by atoms with van der Waals surface area (Å²) in [5, 5.41) is 16.2. The van der Waals surface area contributed by atoms with Gasteiger partial charge in [0.05, 0.1) is 18.2 Å². The molecular weight excluding hydrogens is 606 g/mol. The summed E-state index contributed by atoms with van der Waals surface area (Å²) in [4.78, 5) is 57.1. The number of aliphatic hydroxyl groups excluding tert-OH is 1. The summed E-state index contributed by atoms with van der Waals surface area (Å²) < 4.78 is 0. The number of aliphatic hydroxyl groups is 1. The second kappa shape index (κ2) is 18.2. The third kappa shape index (κ3) is 10.7. The summed E-state index contributed by atoms with van der Waals surface area (Å²) in [6.07, 6.45) is 5.23. The molecule has 2 saturated heterocycles. The average Bonchev–Trinajstić information content (AvgIpc) is 3.34. The molecule has 262 valence electrons. The first-order chi connectivity index (χ1) is 23.0. The lowest BCUT2D eigenvalue weighted by Gasteiger charge is -2.39. The Bertz CT molecular complexity index is 1330. The smallest absolute Gasteiger partial charge is 0.245 e. The second-order valence-corrected chi connectivity index (χ2v) is 14.1. The van der Waals surface area contributed by atoms with Gasteiger partial charge in [0, 0.05) is 24.4 Å². The molecule has 2 aromatic rings. The van der Waals surface area contributed by atoms with Gasteiger partial charge in [-0.3, -0.25) is 19.2 Å². The van der Waals surface area contributed by atoms with Crippen LogP contribution in [0.25, 0.3) is 0 Å². The van der Waals surface area contributed by atoms with Gasteiger partial charge in [0.25, 0.3) is 0 Å². The van der Waals surface area contributed by atoms with E-state index in [9.17, 15) is 24.3 Å². The number of Topliss-reactive ketones (excluding diaryl/α,β-unsaturated/α-hetero) is 1.